The van der Waals surface area contributed by atoms with E-state index in [1.54, 1.807) is 0 Å². The molecule has 61 heavy (non-hydrogen) atoms. The van der Waals surface area contributed by atoms with Gasteiger partial charge in [0.15, 0.2) is 0 Å². The average Bonchev–Trinajstić information content (AvgIpc) is 3.88. The van der Waals surface area contributed by atoms with Crippen molar-refractivity contribution in [2.24, 2.45) is 10.9 Å². The fourth-order valence-corrected chi connectivity index (χ4v) is 11.2. The van der Waals surface area contributed by atoms with E-state index < -0.39 is 19.6 Å². The largest absolute Gasteiger partial charge is 0.501 e. The van der Waals surface area contributed by atoms with Gasteiger partial charge >= 0.3 is 128 Å². The van der Waals surface area contributed by atoms with Gasteiger partial charge in [-0.1, -0.05) is 120 Å². The Balaban J connectivity index is 0.000000203. The fourth-order valence-electron chi connectivity index (χ4n) is 8.24. The maximum Gasteiger partial charge on any atom is 0.120 e. The van der Waals surface area contributed by atoms with Crippen LogP contribution in [0.25, 0.3) is 55.4 Å². The first kappa shape index (κ1) is 39.5. The summed E-state index contributed by atoms with van der Waals surface area (Å²) in [7, 11) is 0. The fraction of sp³-hybridized carbons (Fsp3) is 0.143. The average molecular weight is 1030 g/mol. The van der Waals surface area contributed by atoms with Crippen LogP contribution in [0.3, 0.4) is 0 Å². The first-order chi connectivity index (χ1) is 30.0. The first-order valence-electron chi connectivity index (χ1n) is 21.7. The second-order valence-corrected chi connectivity index (χ2v) is 27.2. The van der Waals surface area contributed by atoms with E-state index in [2.05, 4.69) is 156 Å². The molecule has 10 rings (SSSR count). The number of fused-ring (bicyclic) bond motifs is 4. The Hall–Kier alpha value is -5.65. The Bertz CT molecular complexity index is 3070. The number of rotatable bonds is 8. The summed E-state index contributed by atoms with van der Waals surface area (Å²) in [6.07, 6.45) is 0.562. The quantitative estimate of drug-likeness (QED) is 0.112. The molecule has 0 bridgehead atoms. The third kappa shape index (κ3) is 8.77. The molecule has 9 aromatic rings. The van der Waals surface area contributed by atoms with Gasteiger partial charge < -0.3 is 4.42 Å². The molecule has 5 heteroatoms. The topological polar surface area (TPSA) is 38.4 Å². The minimum atomic E-state index is -2.20. The zero-order valence-corrected chi connectivity index (χ0v) is 39.5. The molecule has 303 valence electrons. The number of nitrogens with zero attached hydrogens (tertiary/aromatic N) is 2. The van der Waals surface area contributed by atoms with Crippen molar-refractivity contribution in [2.75, 3.05) is 0 Å². The van der Waals surface area contributed by atoms with Gasteiger partial charge in [-0.15, -0.1) is 18.2 Å². The summed E-state index contributed by atoms with van der Waals surface area (Å²) < 4.78 is 24.7. The summed E-state index contributed by atoms with van der Waals surface area (Å²) in [6, 6.07) is 65.2. The van der Waals surface area contributed by atoms with E-state index >= 15 is 0 Å². The van der Waals surface area contributed by atoms with Gasteiger partial charge in [-0.05, 0) is 57.3 Å². The SMILES string of the molecule is [2H]C([2H])(c1cc(-c2[c-]cccc2)nc[c]1[Ge]([CH3])([CH3])[CH3])C(C)C.[Ir].[c-]1ccc2c(oc3ccccc32)c1C1=Nc2ccccc2C1c1ccc(-c2ccccc2)cc1-c1ccccc1. The van der Waals surface area contributed by atoms with Crippen LogP contribution in [0.4, 0.5) is 5.69 Å². The van der Waals surface area contributed by atoms with Crippen LogP contribution >= 0.6 is 0 Å². The number of furan rings is 1. The van der Waals surface area contributed by atoms with Crippen molar-refractivity contribution in [1.82, 2.24) is 4.98 Å². The molecule has 1 aliphatic rings. The maximum absolute atomic E-state index is 8.56. The van der Waals surface area contributed by atoms with E-state index in [9.17, 15) is 0 Å². The molecule has 1 aliphatic heterocycles. The van der Waals surface area contributed by atoms with Gasteiger partial charge in [0.1, 0.15) is 5.58 Å². The Kier molecular flexibility index (Phi) is 11.7. The molecular weight excluding hydrogens is 981 g/mol. The molecule has 1 radical (unpaired) electrons. The number of hydrogen-bond acceptors (Lipinski definition) is 3. The molecule has 7 aromatic carbocycles. The Morgan fingerprint density at radius 2 is 1.38 bits per heavy atom. The summed E-state index contributed by atoms with van der Waals surface area (Å²) in [4.78, 5) is 9.84. The van der Waals surface area contributed by atoms with Gasteiger partial charge in [0.05, 0.1) is 11.3 Å². The third-order valence-electron chi connectivity index (χ3n) is 11.1. The van der Waals surface area contributed by atoms with E-state index in [0.717, 1.165) is 60.1 Å². The number of aromatic nitrogens is 1. The molecule has 3 nitrogen and oxygen atoms in total. The molecule has 2 aromatic heterocycles. The van der Waals surface area contributed by atoms with Crippen LogP contribution in [-0.2, 0) is 26.5 Å². The van der Waals surface area contributed by atoms with E-state index in [-0.39, 0.29) is 31.9 Å². The Morgan fingerprint density at radius 3 is 2.11 bits per heavy atom. The molecule has 0 saturated heterocycles. The van der Waals surface area contributed by atoms with E-state index in [4.69, 9.17) is 12.2 Å². The Labute approximate surface area is 379 Å². The van der Waals surface area contributed by atoms with Crippen molar-refractivity contribution in [3.63, 3.8) is 0 Å². The number of hydrogen-bond donors (Lipinski definition) is 0. The molecule has 0 amide bonds. The van der Waals surface area contributed by atoms with Crippen LogP contribution < -0.4 is 4.40 Å². The van der Waals surface area contributed by atoms with Crippen LogP contribution in [0, 0.1) is 18.1 Å². The summed E-state index contributed by atoms with van der Waals surface area (Å²) in [5.74, 6) is 6.71. The van der Waals surface area contributed by atoms with E-state index in [1.807, 2.05) is 68.6 Å². The second kappa shape index (κ2) is 18.1. The predicted molar refractivity (Wildman–Crippen MR) is 254 cm³/mol. The molecule has 0 aliphatic carbocycles. The van der Waals surface area contributed by atoms with Gasteiger partial charge in [-0.3, -0.25) is 4.99 Å². The number of benzene rings is 7. The van der Waals surface area contributed by atoms with Crippen molar-refractivity contribution in [2.45, 2.75) is 43.4 Å². The summed E-state index contributed by atoms with van der Waals surface area (Å²) >= 11 is -2.20. The van der Waals surface area contributed by atoms with Crippen molar-refractivity contribution in [1.29, 1.82) is 0 Å². The molecule has 1 unspecified atom stereocenters. The zero-order valence-electron chi connectivity index (χ0n) is 37.0. The van der Waals surface area contributed by atoms with Gasteiger partial charge in [0.25, 0.3) is 0 Å². The van der Waals surface area contributed by atoms with Crippen molar-refractivity contribution in [3.05, 3.63) is 210 Å². The van der Waals surface area contributed by atoms with Crippen LogP contribution in [0.2, 0.25) is 17.3 Å². The standard InChI is InChI=1S/C38H24NO.C18H24GeN.Ir/c1-3-12-25(13-4-1)27-22-23-29(33(24-27)26-14-5-2-6-15-26)36-31-17-7-9-20-34(31)39-37(36)32-19-11-18-30-28-16-8-10-21-35(28)40-38(30)32;1-14(2)11-16-12-18(15-9-7-6-8-10-15)20-13-17(16)19(3,4)5;/h1-18,20-24,36H;6-9,12-14H,11H2,1-5H3;/q2*-1;/i;11D2;. The predicted octanol–water partition coefficient (Wildman–Crippen LogP) is 14.3. The Morgan fingerprint density at radius 1 is 0.672 bits per heavy atom. The van der Waals surface area contributed by atoms with Crippen molar-refractivity contribution in [3.8, 4) is 33.5 Å². The molecule has 3 heterocycles. The number of pyridine rings is 1. The monoisotopic (exact) mass is 1030 g/mol. The number of aliphatic imine (C=N–C) groups is 1. The van der Waals surface area contributed by atoms with Crippen molar-refractivity contribution < 1.29 is 27.3 Å². The van der Waals surface area contributed by atoms with Gasteiger partial charge in [-0.25, -0.2) is 0 Å². The summed E-state index contributed by atoms with van der Waals surface area (Å²) in [5.41, 5.74) is 14.3. The van der Waals surface area contributed by atoms with E-state index in [0.29, 0.717) is 0 Å². The molecule has 0 fully saturated rings. The van der Waals surface area contributed by atoms with Gasteiger partial charge in [0.2, 0.25) is 0 Å². The van der Waals surface area contributed by atoms with Gasteiger partial charge in [0, 0.05) is 31.4 Å². The zero-order chi connectivity index (χ0) is 43.0. The van der Waals surface area contributed by atoms with Crippen LogP contribution in [0.1, 0.15) is 44.8 Å². The smallest absolute Gasteiger partial charge is 0.120 e. The maximum atomic E-state index is 8.56. The molecule has 0 spiro atoms. The van der Waals surface area contributed by atoms with E-state index in [1.165, 1.54) is 33.4 Å². The van der Waals surface area contributed by atoms with Crippen molar-refractivity contribution >= 4 is 51.0 Å². The second-order valence-electron chi connectivity index (χ2n) is 16.7. The molecular formula is C56H48GeIrN2O-2. The van der Waals surface area contributed by atoms with Crippen LogP contribution in [0.5, 0.6) is 0 Å². The number of para-hydroxylation sites is 2. The van der Waals surface area contributed by atoms with Crippen LogP contribution in [-0.4, -0.2) is 24.0 Å². The molecule has 0 saturated carbocycles. The first-order valence-corrected chi connectivity index (χ1v) is 28.1. The van der Waals surface area contributed by atoms with Gasteiger partial charge in [-0.2, -0.15) is 0 Å². The minimum absolute atomic E-state index is 0. The third-order valence-corrected chi connectivity index (χ3v) is 15.3. The van der Waals surface area contributed by atoms with Crippen LogP contribution in [0.15, 0.2) is 185 Å². The summed E-state index contributed by atoms with van der Waals surface area (Å²) in [6.45, 7) is 3.88. The minimum Gasteiger partial charge on any atom is -0.501 e. The normalized spacial score (nSPS) is 14.1. The molecule has 1 atom stereocenters. The summed E-state index contributed by atoms with van der Waals surface area (Å²) in [5, 5.41) is 2.20. The molecule has 0 N–H and O–H groups in total.